The first-order valence-corrected chi connectivity index (χ1v) is 6.80. The van der Waals surface area contributed by atoms with Crippen LogP contribution in [0.25, 0.3) is 0 Å². The lowest BCUT2D eigenvalue weighted by atomic mass is 10.2. The lowest BCUT2D eigenvalue weighted by Gasteiger charge is -2.12. The highest BCUT2D eigenvalue weighted by molar-refractivity contribution is 7.89. The number of hydrogen-bond acceptors (Lipinski definition) is 5. The van der Waals surface area contributed by atoms with E-state index in [0.717, 1.165) is 6.20 Å². The summed E-state index contributed by atoms with van der Waals surface area (Å²) >= 11 is 0. The first kappa shape index (κ1) is 14.3. The Morgan fingerprint density at radius 3 is 2.67 bits per heavy atom. The van der Waals surface area contributed by atoms with Gasteiger partial charge >= 0.3 is 0 Å². The minimum Gasteiger partial charge on any atom is -0.298 e. The van der Waals surface area contributed by atoms with E-state index >= 15 is 0 Å². The lowest BCUT2D eigenvalue weighted by Crippen LogP contribution is -2.38. The summed E-state index contributed by atoms with van der Waals surface area (Å²) in [5, 5.41) is 8.56. The summed E-state index contributed by atoms with van der Waals surface area (Å²) in [6, 6.07) is 3.59. The standard InChI is InChI=1S/C11H13N3O3S/c1-3-11(15)8(2)14-18(16,17)10-5-4-9(6-12)13-7-10/h4-5,7-8,14H,3H2,1-2H3. The normalized spacial score (nSPS) is 12.7. The molecule has 1 N–H and O–H groups in total. The second-order valence-corrected chi connectivity index (χ2v) is 5.37. The fourth-order valence-electron chi connectivity index (χ4n) is 1.28. The zero-order valence-electron chi connectivity index (χ0n) is 10.0. The molecule has 1 aromatic heterocycles. The highest BCUT2D eigenvalue weighted by atomic mass is 32.2. The van der Waals surface area contributed by atoms with E-state index in [4.69, 9.17) is 5.26 Å². The number of pyridine rings is 1. The average Bonchev–Trinajstić information content (AvgIpc) is 2.37. The molecule has 1 atom stereocenters. The first-order chi connectivity index (χ1) is 8.40. The van der Waals surface area contributed by atoms with Gasteiger partial charge in [0.15, 0.2) is 0 Å². The van der Waals surface area contributed by atoms with Crippen LogP contribution in [0.15, 0.2) is 23.2 Å². The number of rotatable bonds is 5. The minimum atomic E-state index is -3.78. The predicted octanol–water partition coefficient (Wildman–Crippen LogP) is 0.599. The molecule has 0 amide bonds. The maximum atomic E-state index is 11.9. The van der Waals surface area contributed by atoms with Crippen LogP contribution in [0.2, 0.25) is 0 Å². The molecule has 1 heterocycles. The molecule has 0 aromatic carbocycles. The number of nitrogens with zero attached hydrogens (tertiary/aromatic N) is 2. The molecule has 0 radical (unpaired) electrons. The Bertz CT molecular complexity index is 573. The number of ketones is 1. The number of hydrogen-bond donors (Lipinski definition) is 1. The number of carbonyl (C=O) groups is 1. The Morgan fingerprint density at radius 1 is 1.56 bits per heavy atom. The molecule has 18 heavy (non-hydrogen) atoms. The van der Waals surface area contributed by atoms with Crippen molar-refractivity contribution in [2.75, 3.05) is 0 Å². The summed E-state index contributed by atoms with van der Waals surface area (Å²) in [6.45, 7) is 3.15. The van der Waals surface area contributed by atoms with Crippen LogP contribution in [0, 0.1) is 11.3 Å². The van der Waals surface area contributed by atoms with E-state index in [0.29, 0.717) is 0 Å². The molecule has 1 rings (SSSR count). The van der Waals surface area contributed by atoms with Crippen molar-refractivity contribution < 1.29 is 13.2 Å². The van der Waals surface area contributed by atoms with Crippen molar-refractivity contribution in [3.05, 3.63) is 24.0 Å². The summed E-state index contributed by atoms with van der Waals surface area (Å²) in [4.78, 5) is 14.9. The number of sulfonamides is 1. The molecule has 6 nitrogen and oxygen atoms in total. The van der Waals surface area contributed by atoms with E-state index in [1.807, 2.05) is 0 Å². The van der Waals surface area contributed by atoms with E-state index in [9.17, 15) is 13.2 Å². The molecule has 0 saturated carbocycles. The van der Waals surface area contributed by atoms with Gasteiger partial charge in [-0.2, -0.15) is 5.26 Å². The Kier molecular flexibility index (Phi) is 4.53. The van der Waals surface area contributed by atoms with Crippen molar-refractivity contribution in [1.82, 2.24) is 9.71 Å². The number of Topliss-reactive ketones (excluding diaryl/α,β-unsaturated/α-hetero) is 1. The molecule has 1 unspecified atom stereocenters. The van der Waals surface area contributed by atoms with Gasteiger partial charge in [0.2, 0.25) is 10.0 Å². The van der Waals surface area contributed by atoms with Gasteiger partial charge in [0, 0.05) is 12.6 Å². The summed E-state index contributed by atoms with van der Waals surface area (Å²) < 4.78 is 26.0. The van der Waals surface area contributed by atoms with Crippen molar-refractivity contribution in [3.63, 3.8) is 0 Å². The van der Waals surface area contributed by atoms with Gasteiger partial charge in [-0.05, 0) is 19.1 Å². The van der Waals surface area contributed by atoms with Gasteiger partial charge in [-0.25, -0.2) is 18.1 Å². The van der Waals surface area contributed by atoms with E-state index in [1.54, 1.807) is 13.0 Å². The van der Waals surface area contributed by atoms with Crippen molar-refractivity contribution >= 4 is 15.8 Å². The third-order valence-corrected chi connectivity index (χ3v) is 3.85. The lowest BCUT2D eigenvalue weighted by molar-refractivity contribution is -0.119. The SMILES string of the molecule is CCC(=O)C(C)NS(=O)(=O)c1ccc(C#N)nc1. The van der Waals surface area contributed by atoms with Gasteiger partial charge in [0.05, 0.1) is 6.04 Å². The minimum absolute atomic E-state index is 0.0720. The van der Waals surface area contributed by atoms with Gasteiger partial charge in [-0.1, -0.05) is 6.92 Å². The quantitative estimate of drug-likeness (QED) is 0.842. The van der Waals surface area contributed by atoms with Crippen LogP contribution >= 0.6 is 0 Å². The first-order valence-electron chi connectivity index (χ1n) is 5.32. The molecule has 0 aliphatic heterocycles. The van der Waals surface area contributed by atoms with Gasteiger partial charge in [0.1, 0.15) is 22.4 Å². The van der Waals surface area contributed by atoms with Crippen LogP contribution in [0.3, 0.4) is 0 Å². The Labute approximate surface area is 106 Å². The van der Waals surface area contributed by atoms with Gasteiger partial charge in [-0.15, -0.1) is 0 Å². The van der Waals surface area contributed by atoms with Crippen LogP contribution in [0.4, 0.5) is 0 Å². The Balaban J connectivity index is 2.93. The fourth-order valence-corrected chi connectivity index (χ4v) is 2.45. The van der Waals surface area contributed by atoms with Crippen LogP contribution in [-0.4, -0.2) is 25.2 Å². The van der Waals surface area contributed by atoms with Gasteiger partial charge in [0.25, 0.3) is 0 Å². The number of nitriles is 1. The van der Waals surface area contributed by atoms with Crippen LogP contribution in [-0.2, 0) is 14.8 Å². The van der Waals surface area contributed by atoms with Crippen LogP contribution < -0.4 is 4.72 Å². The third-order valence-electron chi connectivity index (χ3n) is 2.32. The largest absolute Gasteiger partial charge is 0.298 e. The highest BCUT2D eigenvalue weighted by Crippen LogP contribution is 2.08. The van der Waals surface area contributed by atoms with Gasteiger partial charge in [-0.3, -0.25) is 4.79 Å². The Hall–Kier alpha value is -1.78. The van der Waals surface area contributed by atoms with Crippen LogP contribution in [0.1, 0.15) is 26.0 Å². The molecular formula is C11H13N3O3S. The second kappa shape index (κ2) is 5.71. The molecule has 0 bridgehead atoms. The van der Waals surface area contributed by atoms with Crippen molar-refractivity contribution in [2.24, 2.45) is 0 Å². The average molecular weight is 267 g/mol. The number of aromatic nitrogens is 1. The zero-order valence-corrected chi connectivity index (χ0v) is 10.9. The van der Waals surface area contributed by atoms with Crippen molar-refractivity contribution in [1.29, 1.82) is 5.26 Å². The molecule has 96 valence electrons. The molecule has 0 fully saturated rings. The molecule has 0 spiro atoms. The zero-order chi connectivity index (χ0) is 13.8. The topological polar surface area (TPSA) is 99.9 Å². The van der Waals surface area contributed by atoms with Crippen LogP contribution in [0.5, 0.6) is 0 Å². The second-order valence-electron chi connectivity index (χ2n) is 3.65. The molecule has 0 aliphatic rings. The maximum Gasteiger partial charge on any atom is 0.242 e. The highest BCUT2D eigenvalue weighted by Gasteiger charge is 2.21. The molecular weight excluding hydrogens is 254 g/mol. The molecule has 7 heteroatoms. The summed E-state index contributed by atoms with van der Waals surface area (Å²) in [5.41, 5.74) is 0.131. The summed E-state index contributed by atoms with van der Waals surface area (Å²) in [7, 11) is -3.78. The predicted molar refractivity (Wildman–Crippen MR) is 64.0 cm³/mol. The van der Waals surface area contributed by atoms with E-state index in [2.05, 4.69) is 9.71 Å². The Morgan fingerprint density at radius 2 is 2.22 bits per heavy atom. The molecule has 1 aromatic rings. The monoisotopic (exact) mass is 267 g/mol. The smallest absolute Gasteiger partial charge is 0.242 e. The van der Waals surface area contributed by atoms with Crippen molar-refractivity contribution in [3.8, 4) is 6.07 Å². The van der Waals surface area contributed by atoms with E-state index in [-0.39, 0.29) is 22.8 Å². The third kappa shape index (κ3) is 3.35. The summed E-state index contributed by atoms with van der Waals surface area (Å²) in [5.74, 6) is -0.194. The number of nitrogens with one attached hydrogen (secondary N) is 1. The van der Waals surface area contributed by atoms with Crippen molar-refractivity contribution in [2.45, 2.75) is 31.2 Å². The van der Waals surface area contributed by atoms with E-state index in [1.165, 1.54) is 19.1 Å². The fraction of sp³-hybridized carbons (Fsp3) is 0.364. The maximum absolute atomic E-state index is 11.9. The molecule has 0 saturated heterocycles. The summed E-state index contributed by atoms with van der Waals surface area (Å²) in [6.07, 6.45) is 1.35. The van der Waals surface area contributed by atoms with Gasteiger partial charge < -0.3 is 0 Å². The molecule has 0 aliphatic carbocycles. The van der Waals surface area contributed by atoms with E-state index < -0.39 is 16.1 Å². The number of carbonyl (C=O) groups excluding carboxylic acids is 1.